The molecule has 0 unspecified atom stereocenters. The summed E-state index contributed by atoms with van der Waals surface area (Å²) in [5, 5.41) is 3.99. The van der Waals surface area contributed by atoms with Crippen molar-refractivity contribution in [3.63, 3.8) is 0 Å². The van der Waals surface area contributed by atoms with Crippen LogP contribution < -0.4 is 0 Å². The maximum Gasteiger partial charge on any atom is 0.280 e. The molecule has 0 bridgehead atoms. The smallest absolute Gasteiger partial charge is 0.280 e. The number of hydrogen-bond acceptors (Lipinski definition) is 3. The molecule has 3 rings (SSSR count). The van der Waals surface area contributed by atoms with Crippen LogP contribution in [0.2, 0.25) is 0 Å². The fourth-order valence-corrected chi connectivity index (χ4v) is 3.10. The first-order valence-electron chi connectivity index (χ1n) is 8.49. The van der Waals surface area contributed by atoms with Crippen LogP contribution in [-0.4, -0.2) is 51.7 Å². The minimum atomic E-state index is -2.66. The maximum atomic E-state index is 13.0. The van der Waals surface area contributed by atoms with Crippen molar-refractivity contribution in [2.75, 3.05) is 26.2 Å². The van der Waals surface area contributed by atoms with Crippen LogP contribution in [0.1, 0.15) is 23.4 Å². The Labute approximate surface area is 150 Å². The molecule has 1 aliphatic rings. The summed E-state index contributed by atoms with van der Waals surface area (Å²) < 4.78 is 40.0. The van der Waals surface area contributed by atoms with Gasteiger partial charge in [-0.2, -0.15) is 5.10 Å². The Hall–Kier alpha value is -2.35. The van der Waals surface area contributed by atoms with E-state index in [0.717, 1.165) is 10.2 Å². The number of nitrogens with zero attached hydrogens (tertiary/aromatic N) is 4. The van der Waals surface area contributed by atoms with Gasteiger partial charge in [-0.3, -0.25) is 14.4 Å². The van der Waals surface area contributed by atoms with Gasteiger partial charge < -0.3 is 4.90 Å². The van der Waals surface area contributed by atoms with Gasteiger partial charge >= 0.3 is 0 Å². The van der Waals surface area contributed by atoms with Gasteiger partial charge in [-0.25, -0.2) is 13.2 Å². The number of carbonyl (C=O) groups excluding carboxylic acids is 1. The molecule has 8 heteroatoms. The number of aromatic nitrogens is 2. The van der Waals surface area contributed by atoms with Crippen LogP contribution >= 0.6 is 0 Å². The van der Waals surface area contributed by atoms with Gasteiger partial charge in [-0.05, 0) is 30.7 Å². The first-order chi connectivity index (χ1) is 12.4. The Balaban J connectivity index is 1.53. The van der Waals surface area contributed by atoms with Crippen molar-refractivity contribution in [2.45, 2.75) is 26.4 Å². The number of benzene rings is 1. The number of rotatable bonds is 5. The second-order valence-corrected chi connectivity index (χ2v) is 6.45. The number of halogens is 3. The molecule has 5 nitrogen and oxygen atoms in total. The second-order valence-electron chi connectivity index (χ2n) is 6.45. The van der Waals surface area contributed by atoms with Crippen molar-refractivity contribution in [2.24, 2.45) is 0 Å². The fourth-order valence-electron chi connectivity index (χ4n) is 3.10. The van der Waals surface area contributed by atoms with E-state index in [0.29, 0.717) is 38.4 Å². The first-order valence-corrected chi connectivity index (χ1v) is 8.49. The molecular formula is C18H21F3N4O. The summed E-state index contributed by atoms with van der Waals surface area (Å²) in [7, 11) is 0. The molecule has 0 spiro atoms. The van der Waals surface area contributed by atoms with E-state index in [9.17, 15) is 18.0 Å². The van der Waals surface area contributed by atoms with Crippen LogP contribution in [0.3, 0.4) is 0 Å². The van der Waals surface area contributed by atoms with Gasteiger partial charge in [0.15, 0.2) is 0 Å². The van der Waals surface area contributed by atoms with Gasteiger partial charge in [0.2, 0.25) is 5.91 Å². The summed E-state index contributed by atoms with van der Waals surface area (Å²) in [5.74, 6) is -0.474. The molecule has 1 saturated heterocycles. The summed E-state index contributed by atoms with van der Waals surface area (Å²) in [4.78, 5) is 16.3. The second kappa shape index (κ2) is 7.90. The van der Waals surface area contributed by atoms with E-state index in [-0.39, 0.29) is 24.0 Å². The van der Waals surface area contributed by atoms with Gasteiger partial charge in [-0.1, -0.05) is 12.1 Å². The highest BCUT2D eigenvalue weighted by Gasteiger charge is 2.23. The summed E-state index contributed by atoms with van der Waals surface area (Å²) in [5.41, 5.74) is 1.25. The summed E-state index contributed by atoms with van der Waals surface area (Å²) in [6.45, 7) is 4.57. The molecule has 0 N–H and O–H groups in total. The van der Waals surface area contributed by atoms with Crippen LogP contribution in [0.15, 0.2) is 30.3 Å². The average Bonchev–Trinajstić information content (AvgIpc) is 2.98. The zero-order valence-electron chi connectivity index (χ0n) is 14.5. The van der Waals surface area contributed by atoms with Crippen LogP contribution in [0, 0.1) is 12.7 Å². The highest BCUT2D eigenvalue weighted by Crippen LogP contribution is 2.20. The molecule has 140 valence electrons. The van der Waals surface area contributed by atoms with Crippen LogP contribution in [0.5, 0.6) is 0 Å². The number of hydrogen-bond donors (Lipinski definition) is 0. The quantitative estimate of drug-likeness (QED) is 0.817. The van der Waals surface area contributed by atoms with E-state index < -0.39 is 6.43 Å². The molecule has 1 aromatic carbocycles. The van der Waals surface area contributed by atoms with Crippen LogP contribution in [-0.2, 0) is 17.9 Å². The molecule has 1 aliphatic heterocycles. The highest BCUT2D eigenvalue weighted by molar-refractivity contribution is 5.76. The number of alkyl halides is 2. The van der Waals surface area contributed by atoms with Gasteiger partial charge in [0, 0.05) is 32.7 Å². The fraction of sp³-hybridized carbons (Fsp3) is 0.444. The molecule has 2 heterocycles. The van der Waals surface area contributed by atoms with E-state index in [1.54, 1.807) is 24.0 Å². The SMILES string of the molecule is Cc1cc(C(F)F)n(CC(=O)N2CCN(Cc3ccc(F)cc3)CC2)n1. The normalized spacial score (nSPS) is 15.7. The molecule has 0 aliphatic carbocycles. The van der Waals surface area contributed by atoms with Crippen molar-refractivity contribution in [1.82, 2.24) is 19.6 Å². The average molecular weight is 366 g/mol. The number of aryl methyl sites for hydroxylation is 1. The van der Waals surface area contributed by atoms with E-state index in [1.807, 2.05) is 0 Å². The van der Waals surface area contributed by atoms with Crippen LogP contribution in [0.25, 0.3) is 0 Å². The summed E-state index contributed by atoms with van der Waals surface area (Å²) in [6.07, 6.45) is -2.66. The standard InChI is InChI=1S/C18H21F3N4O/c1-13-10-16(18(20)21)25(22-13)12-17(26)24-8-6-23(7-9-24)11-14-2-4-15(19)5-3-14/h2-5,10,18H,6-9,11-12H2,1H3. The third-order valence-electron chi connectivity index (χ3n) is 4.49. The lowest BCUT2D eigenvalue weighted by molar-refractivity contribution is -0.134. The zero-order chi connectivity index (χ0) is 18.7. The molecule has 0 atom stereocenters. The number of piperazine rings is 1. The number of amides is 1. The Morgan fingerprint density at radius 1 is 1.15 bits per heavy atom. The number of carbonyl (C=O) groups is 1. The third kappa shape index (κ3) is 4.43. The lowest BCUT2D eigenvalue weighted by Crippen LogP contribution is -2.49. The van der Waals surface area contributed by atoms with E-state index in [1.165, 1.54) is 18.2 Å². The molecule has 1 amide bonds. The Kier molecular flexibility index (Phi) is 5.61. The predicted octanol–water partition coefficient (Wildman–Crippen LogP) is 2.61. The minimum absolute atomic E-state index is 0.175. The maximum absolute atomic E-state index is 13.0. The van der Waals surface area contributed by atoms with Crippen LogP contribution in [0.4, 0.5) is 13.2 Å². The molecular weight excluding hydrogens is 345 g/mol. The topological polar surface area (TPSA) is 41.4 Å². The molecule has 1 fully saturated rings. The lowest BCUT2D eigenvalue weighted by atomic mass is 10.2. The Morgan fingerprint density at radius 3 is 2.42 bits per heavy atom. The van der Waals surface area contributed by atoms with E-state index in [4.69, 9.17) is 0 Å². The minimum Gasteiger partial charge on any atom is -0.339 e. The van der Waals surface area contributed by atoms with Crippen molar-refractivity contribution >= 4 is 5.91 Å². The Bertz CT molecular complexity index is 752. The molecule has 0 saturated carbocycles. The van der Waals surface area contributed by atoms with Crippen molar-refractivity contribution in [3.05, 3.63) is 53.1 Å². The molecule has 2 aromatic rings. The predicted molar refractivity (Wildman–Crippen MR) is 90.2 cm³/mol. The van der Waals surface area contributed by atoms with Crippen molar-refractivity contribution in [1.29, 1.82) is 0 Å². The molecule has 1 aromatic heterocycles. The monoisotopic (exact) mass is 366 g/mol. The highest BCUT2D eigenvalue weighted by atomic mass is 19.3. The van der Waals surface area contributed by atoms with Gasteiger partial charge in [0.1, 0.15) is 18.1 Å². The lowest BCUT2D eigenvalue weighted by Gasteiger charge is -2.34. The third-order valence-corrected chi connectivity index (χ3v) is 4.49. The molecule has 0 radical (unpaired) electrons. The Morgan fingerprint density at radius 2 is 1.81 bits per heavy atom. The van der Waals surface area contributed by atoms with Crippen molar-refractivity contribution in [3.8, 4) is 0 Å². The first kappa shape index (κ1) is 18.4. The van der Waals surface area contributed by atoms with E-state index >= 15 is 0 Å². The van der Waals surface area contributed by atoms with E-state index in [2.05, 4.69) is 10.00 Å². The van der Waals surface area contributed by atoms with Gasteiger partial charge in [0.25, 0.3) is 6.43 Å². The largest absolute Gasteiger partial charge is 0.339 e. The van der Waals surface area contributed by atoms with Crippen molar-refractivity contribution < 1.29 is 18.0 Å². The van der Waals surface area contributed by atoms with Gasteiger partial charge in [0.05, 0.1) is 5.69 Å². The van der Waals surface area contributed by atoms with Gasteiger partial charge in [-0.15, -0.1) is 0 Å². The zero-order valence-corrected chi connectivity index (χ0v) is 14.5. The molecule has 26 heavy (non-hydrogen) atoms. The summed E-state index contributed by atoms with van der Waals surface area (Å²) in [6, 6.07) is 7.67. The summed E-state index contributed by atoms with van der Waals surface area (Å²) >= 11 is 0.